The Morgan fingerprint density at radius 3 is 2.95 bits per heavy atom. The monoisotopic (exact) mass is 311 g/mol. The van der Waals surface area contributed by atoms with E-state index >= 15 is 0 Å². The molecule has 0 aliphatic carbocycles. The summed E-state index contributed by atoms with van der Waals surface area (Å²) in [7, 11) is -3.25. The van der Waals surface area contributed by atoms with Gasteiger partial charge in [0.15, 0.2) is 0 Å². The van der Waals surface area contributed by atoms with E-state index in [1.807, 2.05) is 0 Å². The first-order chi connectivity index (χ1) is 9.93. The lowest BCUT2D eigenvalue weighted by atomic mass is 9.99. The van der Waals surface area contributed by atoms with Crippen LogP contribution in [0.2, 0.25) is 0 Å². The van der Waals surface area contributed by atoms with Gasteiger partial charge in [-0.05, 0) is 18.6 Å². The normalized spacial score (nSPS) is 29.3. The van der Waals surface area contributed by atoms with Gasteiger partial charge in [-0.15, -0.1) is 0 Å². The Morgan fingerprint density at radius 1 is 1.48 bits per heavy atom. The van der Waals surface area contributed by atoms with Crippen LogP contribution >= 0.6 is 0 Å². The molecule has 0 radical (unpaired) electrons. The zero-order chi connectivity index (χ0) is 15.0. The van der Waals surface area contributed by atoms with Crippen molar-refractivity contribution in [1.29, 1.82) is 0 Å². The standard InChI is InChI=1S/C13H17N3O4S/c1-21(18,19)16-7-10-5-11(12(8-16)20-10)13(17)15-9-3-2-4-14-6-9/h2-4,6,10-12H,5,7-8H2,1H3,(H,15,17)/t10-,11+,12-/m0/s1. The molecule has 0 spiro atoms. The van der Waals surface area contributed by atoms with Crippen LogP contribution in [-0.2, 0) is 19.6 Å². The summed E-state index contributed by atoms with van der Waals surface area (Å²) in [4.78, 5) is 16.3. The van der Waals surface area contributed by atoms with Gasteiger partial charge in [0.2, 0.25) is 15.9 Å². The maximum Gasteiger partial charge on any atom is 0.230 e. The molecule has 1 aromatic heterocycles. The summed E-state index contributed by atoms with van der Waals surface area (Å²) in [5.74, 6) is -0.479. The molecule has 0 aromatic carbocycles. The van der Waals surface area contributed by atoms with E-state index < -0.39 is 10.0 Å². The lowest BCUT2D eigenvalue weighted by Gasteiger charge is -2.30. The maximum absolute atomic E-state index is 12.3. The number of carbonyl (C=O) groups is 1. The smallest absolute Gasteiger partial charge is 0.230 e. The van der Waals surface area contributed by atoms with Gasteiger partial charge in [0.05, 0.1) is 36.3 Å². The number of ether oxygens (including phenoxy) is 1. The van der Waals surface area contributed by atoms with E-state index in [1.54, 1.807) is 24.5 Å². The Hall–Kier alpha value is -1.51. The molecule has 1 aromatic rings. The summed E-state index contributed by atoms with van der Waals surface area (Å²) in [6, 6.07) is 3.50. The summed E-state index contributed by atoms with van der Waals surface area (Å²) in [6.45, 7) is 0.562. The van der Waals surface area contributed by atoms with Crippen LogP contribution in [0, 0.1) is 5.92 Å². The minimum absolute atomic E-state index is 0.147. The number of carbonyl (C=O) groups excluding carboxylic acids is 1. The summed E-state index contributed by atoms with van der Waals surface area (Å²) in [5.41, 5.74) is 0.629. The molecule has 114 valence electrons. The molecule has 1 amide bonds. The SMILES string of the molecule is CS(=O)(=O)N1C[C@@H]2C[C@@H](C(=O)Nc3cccnc3)[C@H](C1)O2. The lowest BCUT2D eigenvalue weighted by Crippen LogP contribution is -2.46. The third-order valence-electron chi connectivity index (χ3n) is 3.86. The third-order valence-corrected chi connectivity index (χ3v) is 5.09. The maximum atomic E-state index is 12.3. The molecule has 0 unspecified atom stereocenters. The molecule has 3 atom stereocenters. The van der Waals surface area contributed by atoms with Crippen molar-refractivity contribution in [3.63, 3.8) is 0 Å². The van der Waals surface area contributed by atoms with Gasteiger partial charge in [0.1, 0.15) is 0 Å². The van der Waals surface area contributed by atoms with Crippen molar-refractivity contribution < 1.29 is 17.9 Å². The van der Waals surface area contributed by atoms with Crippen LogP contribution < -0.4 is 5.32 Å². The van der Waals surface area contributed by atoms with Crippen molar-refractivity contribution in [2.24, 2.45) is 5.92 Å². The fourth-order valence-electron chi connectivity index (χ4n) is 2.84. The van der Waals surface area contributed by atoms with Crippen LogP contribution in [0.3, 0.4) is 0 Å². The van der Waals surface area contributed by atoms with Gasteiger partial charge in [-0.1, -0.05) is 0 Å². The highest BCUT2D eigenvalue weighted by molar-refractivity contribution is 7.88. The minimum atomic E-state index is -3.25. The average molecular weight is 311 g/mol. The predicted molar refractivity (Wildman–Crippen MR) is 76.1 cm³/mol. The molecule has 2 fully saturated rings. The molecule has 7 nitrogen and oxygen atoms in total. The van der Waals surface area contributed by atoms with Gasteiger partial charge in [-0.3, -0.25) is 9.78 Å². The molecule has 1 N–H and O–H groups in total. The first kappa shape index (κ1) is 14.4. The van der Waals surface area contributed by atoms with Crippen molar-refractivity contribution in [2.45, 2.75) is 18.6 Å². The highest BCUT2D eigenvalue weighted by Crippen LogP contribution is 2.33. The third kappa shape index (κ3) is 3.07. The number of fused-ring (bicyclic) bond motifs is 2. The number of hydrogen-bond acceptors (Lipinski definition) is 5. The van der Waals surface area contributed by atoms with E-state index in [1.165, 1.54) is 10.6 Å². The summed E-state index contributed by atoms with van der Waals surface area (Å²) in [6.07, 6.45) is 4.34. The molecular weight excluding hydrogens is 294 g/mol. The molecule has 21 heavy (non-hydrogen) atoms. The van der Waals surface area contributed by atoms with Crippen molar-refractivity contribution in [1.82, 2.24) is 9.29 Å². The van der Waals surface area contributed by atoms with E-state index in [0.717, 1.165) is 0 Å². The molecule has 3 rings (SSSR count). The number of aromatic nitrogens is 1. The molecule has 2 bridgehead atoms. The Balaban J connectivity index is 1.69. The van der Waals surface area contributed by atoms with Crippen LogP contribution in [-0.4, -0.2) is 55.2 Å². The first-order valence-corrected chi connectivity index (χ1v) is 8.60. The van der Waals surface area contributed by atoms with Gasteiger partial charge < -0.3 is 10.1 Å². The van der Waals surface area contributed by atoms with Crippen LogP contribution in [0.1, 0.15) is 6.42 Å². The highest BCUT2D eigenvalue weighted by Gasteiger charge is 2.46. The Kier molecular flexibility index (Phi) is 3.68. The number of rotatable bonds is 3. The number of hydrogen-bond donors (Lipinski definition) is 1. The van der Waals surface area contributed by atoms with Gasteiger partial charge in [-0.25, -0.2) is 8.42 Å². The quantitative estimate of drug-likeness (QED) is 0.853. The largest absolute Gasteiger partial charge is 0.371 e. The molecule has 3 heterocycles. The van der Waals surface area contributed by atoms with E-state index in [-0.39, 0.29) is 30.6 Å². The number of nitrogens with zero attached hydrogens (tertiary/aromatic N) is 2. The fourth-order valence-corrected chi connectivity index (χ4v) is 3.70. The number of sulfonamides is 1. The van der Waals surface area contributed by atoms with Gasteiger partial charge in [-0.2, -0.15) is 4.31 Å². The number of amides is 1. The summed E-state index contributed by atoms with van der Waals surface area (Å²) in [5, 5.41) is 2.80. The number of nitrogens with one attached hydrogen (secondary N) is 1. The Bertz CT molecular complexity index is 634. The summed E-state index contributed by atoms with van der Waals surface area (Å²) < 4.78 is 30.4. The van der Waals surface area contributed by atoms with Gasteiger partial charge in [0.25, 0.3) is 0 Å². The fraction of sp³-hybridized carbons (Fsp3) is 0.538. The molecular formula is C13H17N3O4S. The lowest BCUT2D eigenvalue weighted by molar-refractivity contribution is -0.122. The van der Waals surface area contributed by atoms with Gasteiger partial charge in [0, 0.05) is 19.3 Å². The first-order valence-electron chi connectivity index (χ1n) is 6.75. The zero-order valence-corrected chi connectivity index (χ0v) is 12.4. The highest BCUT2D eigenvalue weighted by atomic mass is 32.2. The topological polar surface area (TPSA) is 88.6 Å². The Labute approximate surface area is 123 Å². The molecule has 2 saturated heterocycles. The molecule has 8 heteroatoms. The minimum Gasteiger partial charge on any atom is -0.371 e. The van der Waals surface area contributed by atoms with Gasteiger partial charge >= 0.3 is 0 Å². The summed E-state index contributed by atoms with van der Waals surface area (Å²) >= 11 is 0. The second-order valence-electron chi connectivity index (χ2n) is 5.45. The number of morpholine rings is 1. The van der Waals surface area contributed by atoms with Crippen LogP contribution in [0.5, 0.6) is 0 Å². The van der Waals surface area contributed by atoms with E-state index in [0.29, 0.717) is 18.7 Å². The average Bonchev–Trinajstić information content (AvgIpc) is 2.73. The Morgan fingerprint density at radius 2 is 2.29 bits per heavy atom. The van der Waals surface area contributed by atoms with Crippen molar-refractivity contribution >= 4 is 21.6 Å². The van der Waals surface area contributed by atoms with Crippen LogP contribution in [0.4, 0.5) is 5.69 Å². The molecule has 2 aliphatic rings. The van der Waals surface area contributed by atoms with Crippen molar-refractivity contribution in [2.75, 3.05) is 24.7 Å². The number of pyridine rings is 1. The van der Waals surface area contributed by atoms with Crippen molar-refractivity contribution in [3.8, 4) is 0 Å². The number of anilines is 1. The predicted octanol–water partition coefficient (Wildman–Crippen LogP) is 0.0690. The molecule has 2 aliphatic heterocycles. The second kappa shape index (κ2) is 5.36. The van der Waals surface area contributed by atoms with Crippen LogP contribution in [0.25, 0.3) is 0 Å². The van der Waals surface area contributed by atoms with E-state index in [2.05, 4.69) is 10.3 Å². The second-order valence-corrected chi connectivity index (χ2v) is 7.43. The molecule has 0 saturated carbocycles. The van der Waals surface area contributed by atoms with Crippen LogP contribution in [0.15, 0.2) is 24.5 Å². The van der Waals surface area contributed by atoms with E-state index in [4.69, 9.17) is 4.74 Å². The zero-order valence-electron chi connectivity index (χ0n) is 11.6. The van der Waals surface area contributed by atoms with Crippen molar-refractivity contribution in [3.05, 3.63) is 24.5 Å². The van der Waals surface area contributed by atoms with E-state index in [9.17, 15) is 13.2 Å².